The van der Waals surface area contributed by atoms with Crippen LogP contribution in [-0.2, 0) is 0 Å². The molecule has 0 heteroatoms. The second-order valence-electron chi connectivity index (χ2n) is 9.08. The van der Waals surface area contributed by atoms with E-state index in [-0.39, 0.29) is 38.1 Å². The van der Waals surface area contributed by atoms with E-state index in [2.05, 4.69) is 0 Å². The summed E-state index contributed by atoms with van der Waals surface area (Å²) in [5, 5.41) is -4.88. The van der Waals surface area contributed by atoms with Gasteiger partial charge in [0.25, 0.3) is 0 Å². The van der Waals surface area contributed by atoms with Crippen molar-refractivity contribution in [2.45, 2.75) is 0 Å². The minimum Gasteiger partial charge on any atom is -0.0622 e. The summed E-state index contributed by atoms with van der Waals surface area (Å²) in [6.07, 6.45) is 0. The SMILES string of the molecule is [2H]c1c([2H])c([2H])c(-c2c([2H])c3c([2H])c([2H])c4c([2H])cc(-c5c6c([2H])c([2H])c([2H])c([2H])c6c([2H])c6c([2H])c([2H])c7c([2H])c([2H])c([2H])c([2H])c7c56)c5c([2H])c([2H])c(c2[2H])c3c45)c([2H])c1[2H]. The van der Waals surface area contributed by atoms with E-state index in [0.29, 0.717) is 0 Å². The fraction of sp³-hybridized carbons (Fsp3) is 0. The van der Waals surface area contributed by atoms with Gasteiger partial charge in [0.2, 0.25) is 0 Å². The lowest BCUT2D eigenvalue weighted by Crippen LogP contribution is -1.91. The zero-order chi connectivity index (χ0) is 46.2. The first-order chi connectivity index (χ1) is 29.4. The van der Waals surface area contributed by atoms with Crippen LogP contribution in [0.2, 0.25) is 0 Å². The van der Waals surface area contributed by atoms with Crippen LogP contribution in [0.25, 0.3) is 86.9 Å². The number of rotatable bonds is 2. The predicted molar refractivity (Wildman–Crippen MR) is 174 cm³/mol. The third kappa shape index (κ3) is 3.02. The highest BCUT2D eigenvalue weighted by Gasteiger charge is 2.18. The second kappa shape index (κ2) is 8.15. The summed E-state index contributed by atoms with van der Waals surface area (Å²) in [4.78, 5) is 0. The molecule has 0 spiro atoms. The van der Waals surface area contributed by atoms with Crippen molar-refractivity contribution in [1.29, 1.82) is 0 Å². The quantitative estimate of drug-likeness (QED) is 0.155. The Bertz CT molecular complexity index is 3650. The van der Waals surface area contributed by atoms with Crippen LogP contribution >= 0.6 is 0 Å². The van der Waals surface area contributed by atoms with Crippen molar-refractivity contribution >= 4 is 64.6 Å². The Morgan fingerprint density at radius 2 is 0.975 bits per heavy atom. The van der Waals surface area contributed by atoms with E-state index in [1.165, 1.54) is 0 Å². The molecule has 9 aromatic rings. The first-order valence-electron chi connectivity index (χ1n) is 23.6. The summed E-state index contributed by atoms with van der Waals surface area (Å²) in [5.41, 5.74) is -1.93. The average Bonchev–Trinajstić information content (AvgIpc) is 3.24. The lowest BCUT2D eigenvalue weighted by molar-refractivity contribution is 1.66. The number of hydrogen-bond donors (Lipinski definition) is 0. The fourth-order valence-corrected chi connectivity index (χ4v) is 5.31. The van der Waals surface area contributed by atoms with Crippen molar-refractivity contribution in [1.82, 2.24) is 0 Å². The minimum absolute atomic E-state index is 0.259. The molecule has 0 aliphatic rings. The van der Waals surface area contributed by atoms with E-state index < -0.39 is 188 Å². The van der Waals surface area contributed by atoms with Gasteiger partial charge in [-0.3, -0.25) is 0 Å². The van der Waals surface area contributed by atoms with Crippen LogP contribution < -0.4 is 0 Å². The highest BCUT2D eigenvalue weighted by Crippen LogP contribution is 2.46. The zero-order valence-electron chi connectivity index (χ0n) is 43.1. The molecule has 0 radical (unpaired) electrons. The standard InChI is InChI=1S/C40H24/c1-2-8-25(9-3-1)32-23-29-17-15-27-18-20-36(35-21-19-30(24-32)37(29)38(27)35)40-34-13-7-5-11-28(34)22-31-16-14-26-10-4-6-12-33(26)39(31)40/h1-24H/i1D,2D,3D,4D,5D,6D,7D,8D,9D,10D,11D,12D,13D,14D,15D,16D,17D,18D,19D,21D,22D,23D,24D. The highest BCUT2D eigenvalue weighted by atomic mass is 14.2. The fourth-order valence-electron chi connectivity index (χ4n) is 5.31. The molecule has 0 saturated carbocycles. The van der Waals surface area contributed by atoms with Crippen molar-refractivity contribution < 1.29 is 31.5 Å². The highest BCUT2D eigenvalue weighted by molar-refractivity contribution is 6.30. The van der Waals surface area contributed by atoms with Gasteiger partial charge in [0.15, 0.2) is 0 Å². The first-order valence-corrected chi connectivity index (χ1v) is 12.1. The smallest absolute Gasteiger partial charge is 0.0622 e. The third-order valence-corrected chi connectivity index (χ3v) is 6.96. The molecule has 40 heavy (non-hydrogen) atoms. The van der Waals surface area contributed by atoms with Gasteiger partial charge in [-0.05, 0) is 105 Å². The predicted octanol–water partition coefficient (Wildman–Crippen LogP) is 11.4. The number of fused-ring (bicyclic) bond motifs is 4. The van der Waals surface area contributed by atoms with E-state index in [1.807, 2.05) is 0 Å². The maximum Gasteiger partial charge on any atom is 0.0636 e. The van der Waals surface area contributed by atoms with Gasteiger partial charge < -0.3 is 0 Å². The van der Waals surface area contributed by atoms with Gasteiger partial charge in [-0.15, -0.1) is 0 Å². The van der Waals surface area contributed by atoms with Gasteiger partial charge in [-0.25, -0.2) is 0 Å². The lowest BCUT2D eigenvalue weighted by Gasteiger charge is -2.19. The zero-order valence-corrected chi connectivity index (χ0v) is 20.1. The monoisotopic (exact) mass is 527 g/mol. The van der Waals surface area contributed by atoms with Crippen LogP contribution in [0.1, 0.15) is 31.5 Å². The van der Waals surface area contributed by atoms with Crippen LogP contribution in [0.3, 0.4) is 0 Å². The summed E-state index contributed by atoms with van der Waals surface area (Å²) in [6.45, 7) is 0. The van der Waals surface area contributed by atoms with Crippen LogP contribution in [0.15, 0.2) is 145 Å². The van der Waals surface area contributed by atoms with Crippen molar-refractivity contribution in [2.75, 3.05) is 0 Å². The van der Waals surface area contributed by atoms with Crippen LogP contribution in [0.5, 0.6) is 0 Å². The second-order valence-corrected chi connectivity index (χ2v) is 9.08. The topological polar surface area (TPSA) is 0 Å². The Morgan fingerprint density at radius 1 is 0.350 bits per heavy atom. The first kappa shape index (κ1) is 9.18. The Balaban J connectivity index is 1.65. The maximum absolute atomic E-state index is 9.61. The molecule has 0 heterocycles. The molecule has 9 rings (SSSR count). The molecule has 184 valence electrons. The summed E-state index contributed by atoms with van der Waals surface area (Å²) >= 11 is 0. The Hall–Kier alpha value is -5.20. The van der Waals surface area contributed by atoms with E-state index >= 15 is 0 Å². The summed E-state index contributed by atoms with van der Waals surface area (Å²) in [6, 6.07) is -16.4. The Kier molecular flexibility index (Phi) is 1.87. The molecule has 0 fully saturated rings. The number of hydrogen-bond acceptors (Lipinski definition) is 0. The molecular formula is C40H24. The lowest BCUT2D eigenvalue weighted by atomic mass is 9.84. The summed E-state index contributed by atoms with van der Waals surface area (Å²) in [5.74, 6) is 0. The molecule has 0 aliphatic carbocycles. The largest absolute Gasteiger partial charge is 0.0636 e. The minimum atomic E-state index is -0.817. The van der Waals surface area contributed by atoms with Crippen molar-refractivity contribution in [3.63, 3.8) is 0 Å². The molecule has 0 atom stereocenters. The summed E-state index contributed by atoms with van der Waals surface area (Å²) in [7, 11) is 0. The molecule has 0 saturated heterocycles. The van der Waals surface area contributed by atoms with Gasteiger partial charge in [0, 0.05) is 0 Å². The molecule has 0 bridgehead atoms. The molecular weight excluding hydrogens is 480 g/mol. The van der Waals surface area contributed by atoms with Crippen LogP contribution in [-0.4, -0.2) is 0 Å². The van der Waals surface area contributed by atoms with Crippen LogP contribution in [0.4, 0.5) is 0 Å². The van der Waals surface area contributed by atoms with E-state index in [9.17, 15) is 11.0 Å². The van der Waals surface area contributed by atoms with Crippen molar-refractivity contribution in [3.8, 4) is 22.3 Å². The van der Waals surface area contributed by atoms with Gasteiger partial charge in [0.1, 0.15) is 0 Å². The Labute approximate surface area is 264 Å². The molecule has 0 nitrogen and oxygen atoms in total. The molecule has 0 aliphatic heterocycles. The molecule has 0 N–H and O–H groups in total. The maximum atomic E-state index is 9.61. The molecule has 0 amide bonds. The molecule has 0 aromatic heterocycles. The van der Waals surface area contributed by atoms with E-state index in [0.717, 1.165) is 6.07 Å². The normalized spacial score (nSPS) is 20.1. The summed E-state index contributed by atoms with van der Waals surface area (Å²) < 4.78 is 205. The Morgan fingerprint density at radius 3 is 1.80 bits per heavy atom. The van der Waals surface area contributed by atoms with E-state index in [4.69, 9.17) is 20.6 Å². The van der Waals surface area contributed by atoms with Crippen molar-refractivity contribution in [2.24, 2.45) is 0 Å². The third-order valence-electron chi connectivity index (χ3n) is 6.96. The van der Waals surface area contributed by atoms with Gasteiger partial charge in [-0.2, -0.15) is 0 Å². The molecule has 0 unspecified atom stereocenters. The van der Waals surface area contributed by atoms with Gasteiger partial charge >= 0.3 is 0 Å². The number of benzene rings is 9. The molecule has 9 aromatic carbocycles. The van der Waals surface area contributed by atoms with Gasteiger partial charge in [-0.1, -0.05) is 127 Å². The van der Waals surface area contributed by atoms with Gasteiger partial charge in [0.05, 0.1) is 31.5 Å². The van der Waals surface area contributed by atoms with E-state index in [1.54, 1.807) is 0 Å². The average molecular weight is 528 g/mol. The van der Waals surface area contributed by atoms with Crippen LogP contribution in [0, 0.1) is 0 Å². The van der Waals surface area contributed by atoms with Crippen molar-refractivity contribution in [3.05, 3.63) is 145 Å².